The molecule has 0 heterocycles. The average Bonchev–Trinajstić information content (AvgIpc) is 3.09. The van der Waals surface area contributed by atoms with Gasteiger partial charge in [-0.25, -0.2) is 0 Å². The molecule has 0 spiro atoms. The fourth-order valence-electron chi connectivity index (χ4n) is 1.90. The van der Waals surface area contributed by atoms with Gasteiger partial charge in [0.1, 0.15) is 0 Å². The third kappa shape index (κ3) is 1.55. The van der Waals surface area contributed by atoms with Crippen LogP contribution in [0, 0.1) is 11.3 Å². The van der Waals surface area contributed by atoms with E-state index in [4.69, 9.17) is 5.26 Å². The first kappa shape index (κ1) is 9.92. The van der Waals surface area contributed by atoms with Crippen LogP contribution in [0.1, 0.15) is 42.1 Å². The van der Waals surface area contributed by atoms with Gasteiger partial charge in [0.2, 0.25) is 0 Å². The van der Waals surface area contributed by atoms with Crippen LogP contribution < -0.4 is 0 Å². The lowest BCUT2D eigenvalue weighted by molar-refractivity contribution is 0.0987. The molecule has 76 valence electrons. The van der Waals surface area contributed by atoms with Crippen LogP contribution in [0.3, 0.4) is 0 Å². The molecule has 2 rings (SSSR count). The number of Topliss-reactive ketones (excluding diaryl/α,β-unsaturated/α-hetero) is 1. The van der Waals surface area contributed by atoms with E-state index in [1.165, 1.54) is 0 Å². The molecule has 1 fully saturated rings. The molecule has 0 saturated heterocycles. The van der Waals surface area contributed by atoms with Crippen LogP contribution >= 0.6 is 0 Å². The Bertz CT molecular complexity index is 438. The van der Waals surface area contributed by atoms with Crippen molar-refractivity contribution in [3.05, 3.63) is 35.4 Å². The maximum Gasteiger partial charge on any atom is 0.162 e. The van der Waals surface area contributed by atoms with E-state index in [1.54, 1.807) is 0 Å². The zero-order valence-electron chi connectivity index (χ0n) is 8.79. The Morgan fingerprint density at radius 3 is 2.67 bits per heavy atom. The van der Waals surface area contributed by atoms with E-state index in [2.05, 4.69) is 6.07 Å². The number of nitriles is 1. The van der Waals surface area contributed by atoms with E-state index in [0.29, 0.717) is 6.42 Å². The van der Waals surface area contributed by atoms with Crippen LogP contribution in [-0.4, -0.2) is 5.78 Å². The first-order valence-corrected chi connectivity index (χ1v) is 5.27. The lowest BCUT2D eigenvalue weighted by Gasteiger charge is -2.11. The van der Waals surface area contributed by atoms with Gasteiger partial charge in [-0.3, -0.25) is 4.79 Å². The van der Waals surface area contributed by atoms with Gasteiger partial charge in [-0.15, -0.1) is 0 Å². The molecule has 1 aromatic carbocycles. The predicted molar refractivity (Wildman–Crippen MR) is 57.6 cm³/mol. The topological polar surface area (TPSA) is 40.9 Å². The lowest BCUT2D eigenvalue weighted by Crippen LogP contribution is -2.10. The summed E-state index contributed by atoms with van der Waals surface area (Å²) in [5.41, 5.74) is 1.31. The van der Waals surface area contributed by atoms with Crippen LogP contribution in [0.4, 0.5) is 0 Å². The third-order valence-corrected chi connectivity index (χ3v) is 3.03. The molecule has 0 unspecified atom stereocenters. The molecule has 0 aromatic heterocycles. The second-order valence-corrected chi connectivity index (χ2v) is 4.02. The summed E-state index contributed by atoms with van der Waals surface area (Å²) in [6, 6.07) is 9.85. The summed E-state index contributed by atoms with van der Waals surface area (Å²) < 4.78 is 0. The molecular formula is C13H13NO. The molecule has 15 heavy (non-hydrogen) atoms. The molecule has 1 aromatic rings. The number of ketones is 1. The average molecular weight is 199 g/mol. The highest BCUT2D eigenvalue weighted by molar-refractivity contribution is 5.98. The van der Waals surface area contributed by atoms with Gasteiger partial charge in [-0.05, 0) is 18.4 Å². The van der Waals surface area contributed by atoms with Crippen molar-refractivity contribution in [2.75, 3.05) is 0 Å². The van der Waals surface area contributed by atoms with Gasteiger partial charge in [-0.2, -0.15) is 5.26 Å². The summed E-state index contributed by atoms with van der Waals surface area (Å²) in [4.78, 5) is 11.7. The molecule has 0 N–H and O–H groups in total. The lowest BCUT2D eigenvalue weighted by atomic mass is 9.90. The standard InChI is InChI=1S/C13H13NO/c1-2-12(15)10-5-3-4-6-11(10)13(9-14)7-8-13/h3-6H,2,7-8H2,1H3. The number of benzene rings is 1. The highest BCUT2D eigenvalue weighted by atomic mass is 16.1. The summed E-state index contributed by atoms with van der Waals surface area (Å²) in [7, 11) is 0. The van der Waals surface area contributed by atoms with E-state index >= 15 is 0 Å². The Balaban J connectivity index is 2.49. The number of hydrogen-bond acceptors (Lipinski definition) is 2. The number of carbonyl (C=O) groups excluding carboxylic acids is 1. The Kier molecular flexibility index (Phi) is 2.32. The van der Waals surface area contributed by atoms with Gasteiger partial charge in [0.05, 0.1) is 11.5 Å². The predicted octanol–water partition coefficient (Wildman–Crippen LogP) is 2.83. The van der Waals surface area contributed by atoms with Crippen LogP contribution in [0.15, 0.2) is 24.3 Å². The summed E-state index contributed by atoms with van der Waals surface area (Å²) >= 11 is 0. The first-order valence-electron chi connectivity index (χ1n) is 5.27. The quantitative estimate of drug-likeness (QED) is 0.702. The maximum atomic E-state index is 11.7. The van der Waals surface area contributed by atoms with Gasteiger partial charge < -0.3 is 0 Å². The van der Waals surface area contributed by atoms with Gasteiger partial charge >= 0.3 is 0 Å². The molecule has 1 aliphatic rings. The largest absolute Gasteiger partial charge is 0.294 e. The molecule has 1 saturated carbocycles. The molecule has 0 atom stereocenters. The summed E-state index contributed by atoms with van der Waals surface area (Å²) in [6.07, 6.45) is 2.27. The zero-order chi connectivity index (χ0) is 10.9. The number of nitrogens with zero attached hydrogens (tertiary/aromatic N) is 1. The van der Waals surface area contributed by atoms with Crippen molar-refractivity contribution in [1.82, 2.24) is 0 Å². The van der Waals surface area contributed by atoms with Crippen molar-refractivity contribution < 1.29 is 4.79 Å². The van der Waals surface area contributed by atoms with Crippen molar-refractivity contribution in [2.24, 2.45) is 0 Å². The second kappa shape index (κ2) is 3.51. The maximum absolute atomic E-state index is 11.7. The highest BCUT2D eigenvalue weighted by Crippen LogP contribution is 2.48. The van der Waals surface area contributed by atoms with Crippen molar-refractivity contribution in [3.8, 4) is 6.07 Å². The van der Waals surface area contributed by atoms with E-state index in [-0.39, 0.29) is 11.2 Å². The first-order chi connectivity index (χ1) is 7.23. The number of rotatable bonds is 3. The van der Waals surface area contributed by atoms with E-state index in [0.717, 1.165) is 24.0 Å². The van der Waals surface area contributed by atoms with Crippen molar-refractivity contribution in [1.29, 1.82) is 5.26 Å². The zero-order valence-corrected chi connectivity index (χ0v) is 8.79. The van der Waals surface area contributed by atoms with Crippen LogP contribution in [0.2, 0.25) is 0 Å². The van der Waals surface area contributed by atoms with Gasteiger partial charge in [-0.1, -0.05) is 31.2 Å². The van der Waals surface area contributed by atoms with Gasteiger partial charge in [0.25, 0.3) is 0 Å². The molecular weight excluding hydrogens is 186 g/mol. The molecule has 0 amide bonds. The van der Waals surface area contributed by atoms with Gasteiger partial charge in [0.15, 0.2) is 5.78 Å². The molecule has 2 nitrogen and oxygen atoms in total. The normalized spacial score (nSPS) is 16.8. The smallest absolute Gasteiger partial charge is 0.162 e. The highest BCUT2D eigenvalue weighted by Gasteiger charge is 2.46. The second-order valence-electron chi connectivity index (χ2n) is 4.02. The van der Waals surface area contributed by atoms with E-state index < -0.39 is 0 Å². The monoisotopic (exact) mass is 199 g/mol. The molecule has 0 radical (unpaired) electrons. The van der Waals surface area contributed by atoms with Gasteiger partial charge in [0, 0.05) is 12.0 Å². The summed E-state index contributed by atoms with van der Waals surface area (Å²) in [5.74, 6) is 0.132. The van der Waals surface area contributed by atoms with Crippen molar-refractivity contribution in [2.45, 2.75) is 31.6 Å². The number of carbonyl (C=O) groups is 1. The molecule has 2 heteroatoms. The Morgan fingerprint density at radius 1 is 1.47 bits per heavy atom. The molecule has 0 bridgehead atoms. The Morgan fingerprint density at radius 2 is 2.13 bits per heavy atom. The molecule has 1 aliphatic carbocycles. The minimum Gasteiger partial charge on any atom is -0.294 e. The third-order valence-electron chi connectivity index (χ3n) is 3.03. The van der Waals surface area contributed by atoms with Crippen LogP contribution in [0.25, 0.3) is 0 Å². The van der Waals surface area contributed by atoms with E-state index in [1.807, 2.05) is 31.2 Å². The van der Waals surface area contributed by atoms with E-state index in [9.17, 15) is 4.79 Å². The minimum absolute atomic E-state index is 0.132. The van der Waals surface area contributed by atoms with Crippen LogP contribution in [-0.2, 0) is 5.41 Å². The summed E-state index contributed by atoms with van der Waals surface area (Å²) in [5, 5.41) is 9.13. The Labute approximate surface area is 89.5 Å². The SMILES string of the molecule is CCC(=O)c1ccccc1C1(C#N)CC1. The van der Waals surface area contributed by atoms with Crippen molar-refractivity contribution in [3.63, 3.8) is 0 Å². The fraction of sp³-hybridized carbons (Fsp3) is 0.385. The molecule has 0 aliphatic heterocycles. The fourth-order valence-corrected chi connectivity index (χ4v) is 1.90. The Hall–Kier alpha value is -1.62. The van der Waals surface area contributed by atoms with Crippen LogP contribution in [0.5, 0.6) is 0 Å². The summed E-state index contributed by atoms with van der Waals surface area (Å²) in [6.45, 7) is 1.85. The minimum atomic E-state index is -0.360. The van der Waals surface area contributed by atoms with Crippen molar-refractivity contribution >= 4 is 5.78 Å². The number of hydrogen-bond donors (Lipinski definition) is 0.